The Labute approximate surface area is 113 Å². The first-order chi connectivity index (χ1) is 8.46. The van der Waals surface area contributed by atoms with Gasteiger partial charge in [-0.3, -0.25) is 0 Å². The highest BCUT2D eigenvalue weighted by Crippen LogP contribution is 2.30. The average Bonchev–Trinajstić information content (AvgIpc) is 2.35. The van der Waals surface area contributed by atoms with E-state index in [1.165, 1.54) is 25.7 Å². The molecule has 0 aromatic heterocycles. The fourth-order valence-electron chi connectivity index (χ4n) is 3.08. The highest BCUT2D eigenvalue weighted by molar-refractivity contribution is 4.91. The molecular formula is C16H30N2. The third-order valence-corrected chi connectivity index (χ3v) is 4.36. The monoisotopic (exact) mass is 250 g/mol. The van der Waals surface area contributed by atoms with Crippen LogP contribution in [-0.4, -0.2) is 12.6 Å². The molecular weight excluding hydrogens is 220 g/mol. The Balaban J connectivity index is 2.27. The van der Waals surface area contributed by atoms with Gasteiger partial charge in [0, 0.05) is 6.04 Å². The second-order valence-corrected chi connectivity index (χ2v) is 6.85. The smallest absolute Gasteiger partial charge is 0.0683 e. The molecule has 1 aliphatic rings. The Bertz CT molecular complexity index is 275. The molecule has 0 amide bonds. The molecule has 2 atom stereocenters. The molecule has 0 saturated heterocycles. The molecule has 1 fully saturated rings. The summed E-state index contributed by atoms with van der Waals surface area (Å²) in [6.45, 7) is 9.83. The van der Waals surface area contributed by atoms with E-state index in [0.29, 0.717) is 6.04 Å². The Morgan fingerprint density at radius 1 is 1.28 bits per heavy atom. The van der Waals surface area contributed by atoms with Crippen molar-refractivity contribution < 1.29 is 0 Å². The SMILES string of the molecule is CC(C)C1CCCCC1NCCCC(C)(C)C#N. The first kappa shape index (κ1) is 15.5. The minimum atomic E-state index is -0.161. The average molecular weight is 250 g/mol. The Morgan fingerprint density at radius 2 is 1.94 bits per heavy atom. The van der Waals surface area contributed by atoms with Crippen molar-refractivity contribution in [2.75, 3.05) is 6.54 Å². The second-order valence-electron chi connectivity index (χ2n) is 6.85. The second kappa shape index (κ2) is 7.14. The minimum absolute atomic E-state index is 0.161. The molecule has 18 heavy (non-hydrogen) atoms. The zero-order valence-electron chi connectivity index (χ0n) is 12.6. The van der Waals surface area contributed by atoms with Crippen LogP contribution in [-0.2, 0) is 0 Å². The number of hydrogen-bond acceptors (Lipinski definition) is 2. The van der Waals surface area contributed by atoms with E-state index in [9.17, 15) is 0 Å². The molecule has 0 heterocycles. The lowest BCUT2D eigenvalue weighted by molar-refractivity contribution is 0.204. The lowest BCUT2D eigenvalue weighted by atomic mass is 9.78. The lowest BCUT2D eigenvalue weighted by Crippen LogP contribution is -2.41. The molecule has 1 aliphatic carbocycles. The predicted octanol–water partition coefficient (Wildman–Crippen LogP) is 4.12. The Morgan fingerprint density at radius 3 is 2.56 bits per heavy atom. The van der Waals surface area contributed by atoms with E-state index in [2.05, 4.69) is 25.2 Å². The summed E-state index contributed by atoms with van der Waals surface area (Å²) in [5.41, 5.74) is -0.161. The van der Waals surface area contributed by atoms with Crippen LogP contribution in [0.4, 0.5) is 0 Å². The van der Waals surface area contributed by atoms with Crippen LogP contribution in [0, 0.1) is 28.6 Å². The maximum atomic E-state index is 8.99. The zero-order chi connectivity index (χ0) is 13.6. The zero-order valence-corrected chi connectivity index (χ0v) is 12.6. The Hall–Kier alpha value is -0.550. The van der Waals surface area contributed by atoms with Crippen molar-refractivity contribution in [2.45, 2.75) is 72.3 Å². The van der Waals surface area contributed by atoms with Crippen molar-refractivity contribution >= 4 is 0 Å². The van der Waals surface area contributed by atoms with Gasteiger partial charge in [0.2, 0.25) is 0 Å². The van der Waals surface area contributed by atoms with Crippen molar-refractivity contribution in [3.05, 3.63) is 0 Å². The van der Waals surface area contributed by atoms with Crippen molar-refractivity contribution in [3.8, 4) is 6.07 Å². The number of rotatable bonds is 6. The van der Waals surface area contributed by atoms with E-state index in [0.717, 1.165) is 31.2 Å². The van der Waals surface area contributed by atoms with Gasteiger partial charge in [-0.2, -0.15) is 5.26 Å². The van der Waals surface area contributed by atoms with Crippen LogP contribution >= 0.6 is 0 Å². The highest BCUT2D eigenvalue weighted by atomic mass is 14.9. The van der Waals surface area contributed by atoms with Crippen LogP contribution in [0.5, 0.6) is 0 Å². The van der Waals surface area contributed by atoms with Gasteiger partial charge in [-0.25, -0.2) is 0 Å². The number of nitrogens with one attached hydrogen (secondary N) is 1. The normalized spacial score (nSPS) is 25.1. The van der Waals surface area contributed by atoms with Gasteiger partial charge in [0.15, 0.2) is 0 Å². The standard InChI is InChI=1S/C16H30N2/c1-13(2)14-8-5-6-9-15(14)18-11-7-10-16(3,4)12-17/h13-15,18H,5-11H2,1-4H3. The summed E-state index contributed by atoms with van der Waals surface area (Å²) in [7, 11) is 0. The molecule has 0 aliphatic heterocycles. The van der Waals surface area contributed by atoms with Gasteiger partial charge >= 0.3 is 0 Å². The highest BCUT2D eigenvalue weighted by Gasteiger charge is 2.26. The summed E-state index contributed by atoms with van der Waals surface area (Å²) in [5.74, 6) is 1.64. The van der Waals surface area contributed by atoms with Gasteiger partial charge < -0.3 is 5.32 Å². The maximum absolute atomic E-state index is 8.99. The van der Waals surface area contributed by atoms with E-state index in [4.69, 9.17) is 5.26 Å². The predicted molar refractivity (Wildman–Crippen MR) is 77.2 cm³/mol. The number of nitrogens with zero attached hydrogens (tertiary/aromatic N) is 1. The van der Waals surface area contributed by atoms with E-state index in [1.807, 2.05) is 13.8 Å². The largest absolute Gasteiger partial charge is 0.314 e. The summed E-state index contributed by atoms with van der Waals surface area (Å²) < 4.78 is 0. The summed E-state index contributed by atoms with van der Waals surface area (Å²) in [6, 6.07) is 3.09. The molecule has 2 unspecified atom stereocenters. The third-order valence-electron chi connectivity index (χ3n) is 4.36. The van der Waals surface area contributed by atoms with Crippen LogP contribution in [0.1, 0.15) is 66.2 Å². The molecule has 0 radical (unpaired) electrons. The van der Waals surface area contributed by atoms with E-state index in [-0.39, 0.29) is 5.41 Å². The van der Waals surface area contributed by atoms with Crippen LogP contribution in [0.3, 0.4) is 0 Å². The molecule has 0 spiro atoms. The van der Waals surface area contributed by atoms with Crippen molar-refractivity contribution in [2.24, 2.45) is 17.3 Å². The molecule has 0 aromatic carbocycles. The summed E-state index contributed by atoms with van der Waals surface area (Å²) in [5, 5.41) is 12.7. The van der Waals surface area contributed by atoms with Gasteiger partial charge in [-0.05, 0) is 57.9 Å². The van der Waals surface area contributed by atoms with Crippen LogP contribution in [0.15, 0.2) is 0 Å². The van der Waals surface area contributed by atoms with Crippen LogP contribution in [0.2, 0.25) is 0 Å². The minimum Gasteiger partial charge on any atom is -0.314 e. The van der Waals surface area contributed by atoms with Gasteiger partial charge in [0.05, 0.1) is 11.5 Å². The first-order valence-corrected chi connectivity index (χ1v) is 7.61. The topological polar surface area (TPSA) is 35.8 Å². The van der Waals surface area contributed by atoms with Gasteiger partial charge in [-0.1, -0.05) is 26.7 Å². The fraction of sp³-hybridized carbons (Fsp3) is 0.938. The summed E-state index contributed by atoms with van der Waals surface area (Å²) >= 11 is 0. The van der Waals surface area contributed by atoms with E-state index in [1.54, 1.807) is 0 Å². The first-order valence-electron chi connectivity index (χ1n) is 7.61. The van der Waals surface area contributed by atoms with Crippen LogP contribution in [0.25, 0.3) is 0 Å². The number of hydrogen-bond donors (Lipinski definition) is 1. The van der Waals surface area contributed by atoms with Gasteiger partial charge in [0.1, 0.15) is 0 Å². The quantitative estimate of drug-likeness (QED) is 0.720. The molecule has 1 rings (SSSR count). The molecule has 0 bridgehead atoms. The number of nitriles is 1. The molecule has 2 heteroatoms. The summed E-state index contributed by atoms with van der Waals surface area (Å²) in [6.07, 6.45) is 7.62. The third kappa shape index (κ3) is 4.98. The fourth-order valence-corrected chi connectivity index (χ4v) is 3.08. The van der Waals surface area contributed by atoms with Crippen molar-refractivity contribution in [1.82, 2.24) is 5.32 Å². The maximum Gasteiger partial charge on any atom is 0.0683 e. The van der Waals surface area contributed by atoms with E-state index < -0.39 is 0 Å². The molecule has 2 nitrogen and oxygen atoms in total. The molecule has 1 N–H and O–H groups in total. The van der Waals surface area contributed by atoms with Crippen molar-refractivity contribution in [3.63, 3.8) is 0 Å². The van der Waals surface area contributed by atoms with Crippen LogP contribution < -0.4 is 5.32 Å². The van der Waals surface area contributed by atoms with E-state index >= 15 is 0 Å². The van der Waals surface area contributed by atoms with Crippen molar-refractivity contribution in [1.29, 1.82) is 5.26 Å². The molecule has 0 aromatic rings. The summed E-state index contributed by atoms with van der Waals surface area (Å²) in [4.78, 5) is 0. The van der Waals surface area contributed by atoms with Gasteiger partial charge in [0.25, 0.3) is 0 Å². The molecule has 1 saturated carbocycles. The lowest BCUT2D eigenvalue weighted by Gasteiger charge is -2.35. The van der Waals surface area contributed by atoms with Gasteiger partial charge in [-0.15, -0.1) is 0 Å². The molecule has 104 valence electrons. The Kier molecular flexibility index (Phi) is 6.15.